The molecule has 2 unspecified atom stereocenters. The standard InChI is InChI=1S/C23H19F4N3O4/c1-11-4-2-3-5-12(11)19(23(25,26)27)29-20(32)14-7-6-13-15(18(14)24)10-30(22(13)34)16-8-9-17(31)28-21(16)33/h2-7,16,19H,8-10H2,1H3,(H,29,32)(H,28,31,33). The van der Waals surface area contributed by atoms with E-state index in [0.717, 1.165) is 17.0 Å². The molecule has 11 heteroatoms. The number of nitrogens with one attached hydrogen (secondary N) is 2. The number of imide groups is 1. The molecule has 0 aliphatic carbocycles. The Labute approximate surface area is 191 Å². The number of halogens is 4. The Balaban J connectivity index is 1.61. The highest BCUT2D eigenvalue weighted by Gasteiger charge is 2.44. The number of nitrogens with zero attached hydrogens (tertiary/aromatic N) is 1. The normalized spacial score (nSPS) is 19.0. The predicted octanol–water partition coefficient (Wildman–Crippen LogP) is 2.93. The van der Waals surface area contributed by atoms with Crippen LogP contribution in [-0.4, -0.2) is 40.7 Å². The molecule has 2 heterocycles. The summed E-state index contributed by atoms with van der Waals surface area (Å²) in [5, 5.41) is 3.97. The smallest absolute Gasteiger partial charge is 0.337 e. The van der Waals surface area contributed by atoms with Crippen LogP contribution < -0.4 is 10.6 Å². The van der Waals surface area contributed by atoms with Gasteiger partial charge in [0.1, 0.15) is 11.9 Å². The molecule has 4 amide bonds. The zero-order valence-electron chi connectivity index (χ0n) is 17.8. The van der Waals surface area contributed by atoms with Gasteiger partial charge in [0.05, 0.1) is 12.1 Å². The van der Waals surface area contributed by atoms with Crippen LogP contribution in [0, 0.1) is 12.7 Å². The highest BCUT2D eigenvalue weighted by Crippen LogP contribution is 2.35. The zero-order chi connectivity index (χ0) is 24.8. The van der Waals surface area contributed by atoms with E-state index >= 15 is 4.39 Å². The van der Waals surface area contributed by atoms with Gasteiger partial charge in [0.25, 0.3) is 11.8 Å². The first-order chi connectivity index (χ1) is 16.0. The number of carbonyl (C=O) groups excluding carboxylic acids is 4. The van der Waals surface area contributed by atoms with E-state index in [0.29, 0.717) is 5.56 Å². The molecule has 0 radical (unpaired) electrons. The lowest BCUT2D eigenvalue weighted by atomic mass is 9.99. The fourth-order valence-corrected chi connectivity index (χ4v) is 4.24. The molecular formula is C23H19F4N3O4. The van der Waals surface area contributed by atoms with Crippen LogP contribution in [0.25, 0.3) is 0 Å². The molecule has 34 heavy (non-hydrogen) atoms. The first kappa shape index (κ1) is 23.4. The van der Waals surface area contributed by atoms with E-state index in [9.17, 15) is 32.3 Å². The van der Waals surface area contributed by atoms with E-state index in [-0.39, 0.29) is 36.1 Å². The van der Waals surface area contributed by atoms with E-state index < -0.39 is 53.3 Å². The summed E-state index contributed by atoms with van der Waals surface area (Å²) < 4.78 is 56.4. The van der Waals surface area contributed by atoms with Crippen LogP contribution in [0.5, 0.6) is 0 Å². The number of alkyl halides is 3. The Hall–Kier alpha value is -3.76. The summed E-state index contributed by atoms with van der Waals surface area (Å²) in [5.41, 5.74) is -0.819. The maximum atomic E-state index is 15.3. The van der Waals surface area contributed by atoms with Gasteiger partial charge in [-0.15, -0.1) is 0 Å². The Bertz CT molecular complexity index is 1210. The molecule has 178 valence electrons. The van der Waals surface area contributed by atoms with Crippen LogP contribution in [0.3, 0.4) is 0 Å². The van der Waals surface area contributed by atoms with Gasteiger partial charge in [-0.25, -0.2) is 4.39 Å². The van der Waals surface area contributed by atoms with Gasteiger partial charge in [0, 0.05) is 17.5 Å². The van der Waals surface area contributed by atoms with Crippen LogP contribution in [0.2, 0.25) is 0 Å². The van der Waals surface area contributed by atoms with Gasteiger partial charge in [0.2, 0.25) is 11.8 Å². The number of piperidine rings is 1. The molecule has 2 aliphatic heterocycles. The van der Waals surface area contributed by atoms with Crippen LogP contribution in [0.4, 0.5) is 17.6 Å². The maximum Gasteiger partial charge on any atom is 0.412 e. The van der Waals surface area contributed by atoms with Crippen molar-refractivity contribution in [3.05, 3.63) is 70.0 Å². The van der Waals surface area contributed by atoms with E-state index in [1.165, 1.54) is 25.1 Å². The van der Waals surface area contributed by atoms with Gasteiger partial charge in [0.15, 0.2) is 6.04 Å². The minimum atomic E-state index is -4.84. The van der Waals surface area contributed by atoms with Gasteiger partial charge in [-0.2, -0.15) is 13.2 Å². The van der Waals surface area contributed by atoms with Crippen molar-refractivity contribution in [1.82, 2.24) is 15.5 Å². The van der Waals surface area contributed by atoms with Crippen LogP contribution in [0.1, 0.15) is 56.3 Å². The van der Waals surface area contributed by atoms with E-state index in [2.05, 4.69) is 5.32 Å². The van der Waals surface area contributed by atoms with Crippen molar-refractivity contribution in [3.8, 4) is 0 Å². The molecule has 1 fully saturated rings. The van der Waals surface area contributed by atoms with Gasteiger partial charge in [-0.05, 0) is 36.6 Å². The fraction of sp³-hybridized carbons (Fsp3) is 0.304. The largest absolute Gasteiger partial charge is 0.412 e. The molecule has 7 nitrogen and oxygen atoms in total. The third-order valence-electron chi connectivity index (χ3n) is 6.00. The molecule has 2 aliphatic rings. The molecule has 2 aromatic carbocycles. The van der Waals surface area contributed by atoms with Crippen LogP contribution >= 0.6 is 0 Å². The average Bonchev–Trinajstić information content (AvgIpc) is 3.09. The maximum absolute atomic E-state index is 15.3. The lowest BCUT2D eigenvalue weighted by molar-refractivity contribution is -0.155. The average molecular weight is 477 g/mol. The van der Waals surface area contributed by atoms with Crippen molar-refractivity contribution >= 4 is 23.6 Å². The number of benzene rings is 2. The number of carbonyl (C=O) groups is 4. The van der Waals surface area contributed by atoms with Gasteiger partial charge >= 0.3 is 6.18 Å². The summed E-state index contributed by atoms with van der Waals surface area (Å²) in [5.74, 6) is -4.27. The molecule has 2 atom stereocenters. The molecular weight excluding hydrogens is 458 g/mol. The quantitative estimate of drug-likeness (QED) is 0.523. The summed E-state index contributed by atoms with van der Waals surface area (Å²) in [4.78, 5) is 50.0. The molecule has 0 saturated carbocycles. The third kappa shape index (κ3) is 4.13. The Morgan fingerprint density at radius 2 is 1.85 bits per heavy atom. The first-order valence-corrected chi connectivity index (χ1v) is 10.4. The number of amides is 4. The molecule has 4 rings (SSSR count). The second-order valence-corrected chi connectivity index (χ2v) is 8.16. The Morgan fingerprint density at radius 1 is 1.15 bits per heavy atom. The number of rotatable bonds is 4. The van der Waals surface area contributed by atoms with Crippen LogP contribution in [0.15, 0.2) is 36.4 Å². The number of hydrogen-bond acceptors (Lipinski definition) is 4. The summed E-state index contributed by atoms with van der Waals surface area (Å²) in [6, 6.07) is 4.38. The van der Waals surface area contributed by atoms with Crippen molar-refractivity contribution in [2.75, 3.05) is 0 Å². The molecule has 2 aromatic rings. The Morgan fingerprint density at radius 3 is 2.50 bits per heavy atom. The lowest BCUT2D eigenvalue weighted by Gasteiger charge is -2.29. The van der Waals surface area contributed by atoms with Crippen molar-refractivity contribution in [1.29, 1.82) is 0 Å². The number of fused-ring (bicyclic) bond motifs is 1. The minimum Gasteiger partial charge on any atom is -0.337 e. The second kappa shape index (κ2) is 8.54. The van der Waals surface area contributed by atoms with Crippen molar-refractivity contribution in [2.45, 2.75) is 44.6 Å². The predicted molar refractivity (Wildman–Crippen MR) is 110 cm³/mol. The van der Waals surface area contributed by atoms with Crippen molar-refractivity contribution in [2.24, 2.45) is 0 Å². The number of hydrogen-bond donors (Lipinski definition) is 2. The summed E-state index contributed by atoms with van der Waals surface area (Å²) in [6.45, 7) is 1.11. The van der Waals surface area contributed by atoms with E-state index in [4.69, 9.17) is 0 Å². The minimum absolute atomic E-state index is 0.00437. The highest BCUT2D eigenvalue weighted by molar-refractivity contribution is 6.06. The summed E-state index contributed by atoms with van der Waals surface area (Å²) in [6.07, 6.45) is -4.78. The summed E-state index contributed by atoms with van der Waals surface area (Å²) >= 11 is 0. The summed E-state index contributed by atoms with van der Waals surface area (Å²) in [7, 11) is 0. The molecule has 0 spiro atoms. The molecule has 0 aromatic heterocycles. The van der Waals surface area contributed by atoms with Gasteiger partial charge in [-0.3, -0.25) is 24.5 Å². The van der Waals surface area contributed by atoms with Crippen LogP contribution in [-0.2, 0) is 16.1 Å². The van der Waals surface area contributed by atoms with Crippen molar-refractivity contribution < 1.29 is 36.7 Å². The molecule has 1 saturated heterocycles. The zero-order valence-corrected chi connectivity index (χ0v) is 17.8. The van der Waals surface area contributed by atoms with Gasteiger partial charge in [-0.1, -0.05) is 24.3 Å². The topological polar surface area (TPSA) is 95.6 Å². The van der Waals surface area contributed by atoms with E-state index in [1.807, 2.05) is 5.32 Å². The second-order valence-electron chi connectivity index (χ2n) is 8.16. The third-order valence-corrected chi connectivity index (χ3v) is 6.00. The lowest BCUT2D eigenvalue weighted by Crippen LogP contribution is -2.52. The highest BCUT2D eigenvalue weighted by atomic mass is 19.4. The fourth-order valence-electron chi connectivity index (χ4n) is 4.24. The molecule has 0 bridgehead atoms. The Kier molecular flexibility index (Phi) is 5.88. The molecule has 2 N–H and O–H groups in total. The van der Waals surface area contributed by atoms with Crippen molar-refractivity contribution in [3.63, 3.8) is 0 Å². The van der Waals surface area contributed by atoms with Gasteiger partial charge < -0.3 is 10.2 Å². The SMILES string of the molecule is Cc1ccccc1C(NC(=O)c1ccc2c(c1F)CN(C1CCC(=O)NC1=O)C2=O)C(F)(F)F. The number of aryl methyl sites for hydroxylation is 1. The van der Waals surface area contributed by atoms with E-state index in [1.54, 1.807) is 6.07 Å². The monoisotopic (exact) mass is 477 g/mol. The first-order valence-electron chi connectivity index (χ1n) is 10.4.